The number of aliphatic imine (C=N–C) groups is 1. The summed E-state index contributed by atoms with van der Waals surface area (Å²) in [6.45, 7) is 0. The molecule has 22 heavy (non-hydrogen) atoms. The molecule has 0 bridgehead atoms. The van der Waals surface area contributed by atoms with Crippen LogP contribution in [0, 0.1) is 0 Å². The van der Waals surface area contributed by atoms with Crippen LogP contribution in [-0.2, 0) is 4.79 Å². The number of carbonyl (C=O) groups is 1. The monoisotopic (exact) mass is 322 g/mol. The van der Waals surface area contributed by atoms with Crippen LogP contribution >= 0.6 is 11.8 Å². The fourth-order valence-corrected chi connectivity index (χ4v) is 2.96. The molecule has 0 unspecified atom stereocenters. The van der Waals surface area contributed by atoms with Crippen LogP contribution in [0.1, 0.15) is 5.56 Å². The van der Waals surface area contributed by atoms with E-state index in [1.807, 2.05) is 0 Å². The Bertz CT molecular complexity index is 630. The predicted octanol–water partition coefficient (Wildman–Crippen LogP) is 2.24. The Hall–Kier alpha value is -2.15. The number of rotatable bonds is 4. The molecule has 0 N–H and O–H groups in total. The molecule has 0 aromatic heterocycles. The number of ether oxygens (including phenoxy) is 3. The first-order chi connectivity index (χ1) is 10.5. The summed E-state index contributed by atoms with van der Waals surface area (Å²) in [7, 11) is 8.04. The topological polar surface area (TPSA) is 60.4 Å². The van der Waals surface area contributed by atoms with Gasteiger partial charge in [-0.2, -0.15) is 0 Å². The maximum atomic E-state index is 12.3. The van der Waals surface area contributed by atoms with Crippen LogP contribution < -0.4 is 14.2 Å². The van der Waals surface area contributed by atoms with Crippen LogP contribution in [0.15, 0.2) is 22.0 Å². The minimum Gasteiger partial charge on any atom is -0.496 e. The van der Waals surface area contributed by atoms with Gasteiger partial charge in [0.05, 0.1) is 31.8 Å². The first-order valence-corrected chi connectivity index (χ1v) is 7.31. The van der Waals surface area contributed by atoms with Crippen molar-refractivity contribution in [2.24, 2.45) is 4.99 Å². The van der Waals surface area contributed by atoms with E-state index in [2.05, 4.69) is 4.99 Å². The molecule has 118 valence electrons. The molecule has 1 aliphatic rings. The van der Waals surface area contributed by atoms with Gasteiger partial charge in [0.2, 0.25) is 0 Å². The summed E-state index contributed by atoms with van der Waals surface area (Å²) in [6.07, 6.45) is 1.75. The van der Waals surface area contributed by atoms with Crippen molar-refractivity contribution in [2.45, 2.75) is 0 Å². The van der Waals surface area contributed by atoms with E-state index >= 15 is 0 Å². The van der Waals surface area contributed by atoms with E-state index in [1.54, 1.807) is 53.6 Å². The van der Waals surface area contributed by atoms with Gasteiger partial charge < -0.3 is 14.2 Å². The number of thioether (sulfide) groups is 1. The number of nitrogens with zero attached hydrogens (tertiary/aromatic N) is 2. The molecule has 0 atom stereocenters. The number of amidine groups is 1. The molecule has 2 rings (SSSR count). The Kier molecular flexibility index (Phi) is 4.97. The van der Waals surface area contributed by atoms with E-state index < -0.39 is 0 Å². The zero-order valence-electron chi connectivity index (χ0n) is 13.2. The van der Waals surface area contributed by atoms with Crippen LogP contribution in [0.5, 0.6) is 17.2 Å². The lowest BCUT2D eigenvalue weighted by Crippen LogP contribution is -2.23. The third-order valence-corrected chi connectivity index (χ3v) is 4.37. The lowest BCUT2D eigenvalue weighted by atomic mass is 10.1. The van der Waals surface area contributed by atoms with Gasteiger partial charge in [0.25, 0.3) is 5.91 Å². The maximum absolute atomic E-state index is 12.3. The first-order valence-electron chi connectivity index (χ1n) is 6.50. The normalized spacial score (nSPS) is 18.2. The Morgan fingerprint density at radius 3 is 2.14 bits per heavy atom. The van der Waals surface area contributed by atoms with E-state index in [0.717, 1.165) is 0 Å². The van der Waals surface area contributed by atoms with E-state index in [9.17, 15) is 4.79 Å². The third kappa shape index (κ3) is 2.89. The number of carbonyl (C=O) groups excluding carboxylic acids is 1. The van der Waals surface area contributed by atoms with Crippen molar-refractivity contribution in [3.63, 3.8) is 0 Å². The first kappa shape index (κ1) is 16.2. The van der Waals surface area contributed by atoms with Gasteiger partial charge in [-0.1, -0.05) is 0 Å². The summed E-state index contributed by atoms with van der Waals surface area (Å²) in [5.41, 5.74) is 0.687. The van der Waals surface area contributed by atoms with Crippen LogP contribution in [-0.4, -0.2) is 51.4 Å². The second-order valence-corrected chi connectivity index (χ2v) is 5.44. The van der Waals surface area contributed by atoms with Crippen molar-refractivity contribution in [1.82, 2.24) is 4.90 Å². The van der Waals surface area contributed by atoms with E-state index in [0.29, 0.717) is 32.9 Å². The molecule has 0 spiro atoms. The molecule has 7 heteroatoms. The van der Waals surface area contributed by atoms with Crippen LogP contribution in [0.3, 0.4) is 0 Å². The lowest BCUT2D eigenvalue weighted by molar-refractivity contribution is -0.121. The Labute approximate surface area is 133 Å². The molecular weight excluding hydrogens is 304 g/mol. The fraction of sp³-hybridized carbons (Fsp3) is 0.333. The SMILES string of the molecule is CN=C1SC(=Cc2c(OC)cc(OC)cc2OC)C(=O)N1C. The highest BCUT2D eigenvalue weighted by Gasteiger charge is 2.30. The molecule has 0 aliphatic carbocycles. The molecule has 0 radical (unpaired) electrons. The summed E-state index contributed by atoms with van der Waals surface area (Å²) in [4.78, 5) is 18.4. The van der Waals surface area contributed by atoms with Crippen molar-refractivity contribution >= 4 is 28.9 Å². The highest BCUT2D eigenvalue weighted by atomic mass is 32.2. The summed E-state index contributed by atoms with van der Waals surface area (Å²) in [5.74, 6) is 1.66. The Morgan fingerprint density at radius 1 is 1.14 bits per heavy atom. The van der Waals surface area contributed by atoms with Crippen molar-refractivity contribution in [3.8, 4) is 17.2 Å². The number of likely N-dealkylation sites (N-methyl/N-ethyl adjacent to an activating group) is 1. The van der Waals surface area contributed by atoms with Gasteiger partial charge >= 0.3 is 0 Å². The van der Waals surface area contributed by atoms with Gasteiger partial charge in [-0.15, -0.1) is 0 Å². The highest BCUT2D eigenvalue weighted by molar-refractivity contribution is 8.18. The quantitative estimate of drug-likeness (QED) is 0.796. The molecular formula is C15H18N2O4S. The maximum Gasteiger partial charge on any atom is 0.266 e. The molecule has 1 aromatic rings. The van der Waals surface area contributed by atoms with Gasteiger partial charge in [-0.05, 0) is 17.8 Å². The number of hydrogen-bond donors (Lipinski definition) is 0. The summed E-state index contributed by atoms with van der Waals surface area (Å²) in [6, 6.07) is 3.50. The number of hydrogen-bond acceptors (Lipinski definition) is 6. The fourth-order valence-electron chi connectivity index (χ4n) is 2.06. The number of amides is 1. The average molecular weight is 322 g/mol. The molecule has 1 aromatic carbocycles. The van der Waals surface area contributed by atoms with Crippen molar-refractivity contribution < 1.29 is 19.0 Å². The molecule has 1 amide bonds. The van der Waals surface area contributed by atoms with Gasteiger partial charge in [0.15, 0.2) is 5.17 Å². The van der Waals surface area contributed by atoms with Gasteiger partial charge in [-0.3, -0.25) is 14.7 Å². The molecule has 6 nitrogen and oxygen atoms in total. The Balaban J connectivity index is 2.53. The minimum absolute atomic E-state index is 0.106. The standard InChI is InChI=1S/C15H18N2O4S/c1-16-15-17(2)14(18)13(22-15)8-10-11(20-4)6-9(19-3)7-12(10)21-5/h6-8H,1-5H3. The van der Waals surface area contributed by atoms with Crippen molar-refractivity contribution in [1.29, 1.82) is 0 Å². The largest absolute Gasteiger partial charge is 0.496 e. The highest BCUT2D eigenvalue weighted by Crippen LogP contribution is 2.39. The third-order valence-electron chi connectivity index (χ3n) is 3.22. The molecule has 1 heterocycles. The van der Waals surface area contributed by atoms with E-state index in [-0.39, 0.29) is 5.91 Å². The zero-order chi connectivity index (χ0) is 16.3. The van der Waals surface area contributed by atoms with Crippen molar-refractivity contribution in [2.75, 3.05) is 35.4 Å². The van der Waals surface area contributed by atoms with Gasteiger partial charge in [0, 0.05) is 26.2 Å². The van der Waals surface area contributed by atoms with E-state index in [4.69, 9.17) is 14.2 Å². The average Bonchev–Trinajstić information content (AvgIpc) is 2.82. The zero-order valence-corrected chi connectivity index (χ0v) is 14.0. The second-order valence-electron chi connectivity index (χ2n) is 4.43. The smallest absolute Gasteiger partial charge is 0.266 e. The van der Waals surface area contributed by atoms with Crippen LogP contribution in [0.2, 0.25) is 0 Å². The number of methoxy groups -OCH3 is 3. The summed E-state index contributed by atoms with van der Waals surface area (Å²) >= 11 is 1.32. The lowest BCUT2D eigenvalue weighted by Gasteiger charge is -2.13. The van der Waals surface area contributed by atoms with E-state index in [1.165, 1.54) is 16.7 Å². The second kappa shape index (κ2) is 6.74. The van der Waals surface area contributed by atoms with Gasteiger partial charge in [0.1, 0.15) is 17.2 Å². The van der Waals surface area contributed by atoms with Crippen LogP contribution in [0.25, 0.3) is 6.08 Å². The van der Waals surface area contributed by atoms with Gasteiger partial charge in [-0.25, -0.2) is 0 Å². The molecule has 1 aliphatic heterocycles. The Morgan fingerprint density at radius 2 is 1.73 bits per heavy atom. The molecule has 1 saturated heterocycles. The molecule has 1 fully saturated rings. The summed E-state index contributed by atoms with van der Waals surface area (Å²) in [5, 5.41) is 0.655. The van der Waals surface area contributed by atoms with Crippen molar-refractivity contribution in [3.05, 3.63) is 22.6 Å². The minimum atomic E-state index is -0.106. The summed E-state index contributed by atoms with van der Waals surface area (Å²) < 4.78 is 16.0. The predicted molar refractivity (Wildman–Crippen MR) is 87.8 cm³/mol. The number of benzene rings is 1. The van der Waals surface area contributed by atoms with Crippen LogP contribution in [0.4, 0.5) is 0 Å². The molecule has 0 saturated carbocycles.